The number of rotatable bonds is 4. The molecule has 1 aliphatic heterocycles. The first kappa shape index (κ1) is 16.7. The summed E-state index contributed by atoms with van der Waals surface area (Å²) in [5.74, 6) is 0. The van der Waals surface area contributed by atoms with Crippen LogP contribution in [0.4, 0.5) is 0 Å². The van der Waals surface area contributed by atoms with Gasteiger partial charge in [-0.3, -0.25) is 4.98 Å². The minimum atomic E-state index is -0.453. The Morgan fingerprint density at radius 1 is 1.36 bits per heavy atom. The zero-order valence-electron chi connectivity index (χ0n) is 13.8. The lowest BCUT2D eigenvalue weighted by molar-refractivity contribution is 0.00578. The smallest absolute Gasteiger partial charge is 0.400 e. The van der Waals surface area contributed by atoms with E-state index in [0.29, 0.717) is 17.8 Å². The number of pyridine rings is 1. The van der Waals surface area contributed by atoms with E-state index in [1.807, 2.05) is 40.8 Å². The highest BCUT2D eigenvalue weighted by Crippen LogP contribution is 2.38. The van der Waals surface area contributed by atoms with E-state index in [4.69, 9.17) is 9.31 Å². The van der Waals surface area contributed by atoms with Gasteiger partial charge in [0, 0.05) is 12.7 Å². The summed E-state index contributed by atoms with van der Waals surface area (Å²) in [7, 11) is 1.41. The van der Waals surface area contributed by atoms with Crippen LogP contribution in [0, 0.1) is 11.3 Å². The second-order valence-electron chi connectivity index (χ2n) is 6.39. The van der Waals surface area contributed by atoms with Gasteiger partial charge in [0.15, 0.2) is 0 Å². The summed E-state index contributed by atoms with van der Waals surface area (Å²) >= 11 is 0. The molecule has 1 N–H and O–H groups in total. The van der Waals surface area contributed by atoms with Crippen molar-refractivity contribution in [3.63, 3.8) is 0 Å². The minimum Gasteiger partial charge on any atom is -0.400 e. The van der Waals surface area contributed by atoms with Gasteiger partial charge in [-0.25, -0.2) is 0 Å². The third-order valence-electron chi connectivity index (χ3n) is 4.22. The standard InChI is InChI=1S/C16H22BN3O2/c1-15(2)16(3,4)22-17(21-15)13(11-19-5)9-14-12(10-18)7-6-8-20-14/h6-9,19H,11H2,1-5H3. The van der Waals surface area contributed by atoms with Crippen LogP contribution in [0.5, 0.6) is 0 Å². The molecule has 0 radical (unpaired) electrons. The van der Waals surface area contributed by atoms with Crippen LogP contribution < -0.4 is 5.32 Å². The Morgan fingerprint density at radius 3 is 2.55 bits per heavy atom. The fraction of sp³-hybridized carbons (Fsp3) is 0.500. The van der Waals surface area contributed by atoms with Crippen molar-refractivity contribution in [3.8, 4) is 6.07 Å². The molecule has 0 unspecified atom stereocenters. The third-order valence-corrected chi connectivity index (χ3v) is 4.22. The monoisotopic (exact) mass is 299 g/mol. The highest BCUT2D eigenvalue weighted by molar-refractivity contribution is 6.55. The number of aromatic nitrogens is 1. The molecule has 2 rings (SSSR count). The van der Waals surface area contributed by atoms with Crippen LogP contribution in [0.1, 0.15) is 39.0 Å². The van der Waals surface area contributed by atoms with E-state index in [2.05, 4.69) is 16.4 Å². The molecular weight excluding hydrogens is 277 g/mol. The second kappa shape index (κ2) is 6.21. The molecule has 6 heteroatoms. The van der Waals surface area contributed by atoms with E-state index in [9.17, 15) is 5.26 Å². The summed E-state index contributed by atoms with van der Waals surface area (Å²) in [5, 5.41) is 12.3. The van der Waals surface area contributed by atoms with Gasteiger partial charge in [0.05, 0.1) is 22.5 Å². The first-order valence-corrected chi connectivity index (χ1v) is 7.36. The average molecular weight is 299 g/mol. The van der Waals surface area contributed by atoms with Gasteiger partial charge >= 0.3 is 7.12 Å². The summed E-state index contributed by atoms with van der Waals surface area (Å²) in [4.78, 5) is 4.28. The Kier molecular flexibility index (Phi) is 4.71. The summed E-state index contributed by atoms with van der Waals surface area (Å²) < 4.78 is 12.2. The molecule has 2 heterocycles. The molecule has 1 fully saturated rings. The van der Waals surface area contributed by atoms with Crippen molar-refractivity contribution in [1.82, 2.24) is 10.3 Å². The summed E-state index contributed by atoms with van der Waals surface area (Å²) in [6, 6.07) is 5.66. The topological polar surface area (TPSA) is 67.2 Å². The number of nitriles is 1. The fourth-order valence-electron chi connectivity index (χ4n) is 2.20. The predicted molar refractivity (Wildman–Crippen MR) is 86.9 cm³/mol. The Balaban J connectivity index is 2.36. The Labute approximate surface area is 132 Å². The predicted octanol–water partition coefficient (Wildman–Crippen LogP) is 2.19. The van der Waals surface area contributed by atoms with Crippen molar-refractivity contribution in [2.24, 2.45) is 0 Å². The fourth-order valence-corrected chi connectivity index (χ4v) is 2.20. The van der Waals surface area contributed by atoms with Gasteiger partial charge in [0.1, 0.15) is 6.07 Å². The largest absolute Gasteiger partial charge is 0.491 e. The van der Waals surface area contributed by atoms with Gasteiger partial charge < -0.3 is 14.6 Å². The third kappa shape index (κ3) is 3.22. The van der Waals surface area contributed by atoms with Gasteiger partial charge in [-0.15, -0.1) is 0 Å². The quantitative estimate of drug-likeness (QED) is 0.863. The van der Waals surface area contributed by atoms with Crippen molar-refractivity contribution < 1.29 is 9.31 Å². The molecule has 0 spiro atoms. The summed E-state index contributed by atoms with van der Waals surface area (Å²) in [6.07, 6.45) is 3.55. The molecule has 1 aliphatic rings. The summed E-state index contributed by atoms with van der Waals surface area (Å²) in [5.41, 5.74) is 1.29. The van der Waals surface area contributed by atoms with Crippen molar-refractivity contribution in [1.29, 1.82) is 5.26 Å². The molecule has 1 aromatic heterocycles. The van der Waals surface area contributed by atoms with Crippen LogP contribution in [0.2, 0.25) is 0 Å². The Morgan fingerprint density at radius 2 is 2.00 bits per heavy atom. The van der Waals surface area contributed by atoms with E-state index in [-0.39, 0.29) is 0 Å². The highest BCUT2D eigenvalue weighted by Gasteiger charge is 2.52. The molecule has 1 aromatic rings. The van der Waals surface area contributed by atoms with E-state index in [1.54, 1.807) is 18.3 Å². The lowest BCUT2D eigenvalue weighted by Crippen LogP contribution is -2.41. The van der Waals surface area contributed by atoms with Crippen molar-refractivity contribution in [2.45, 2.75) is 38.9 Å². The van der Waals surface area contributed by atoms with Crippen molar-refractivity contribution in [2.75, 3.05) is 13.6 Å². The average Bonchev–Trinajstić information content (AvgIpc) is 2.67. The number of hydrogen-bond acceptors (Lipinski definition) is 5. The maximum absolute atomic E-state index is 9.20. The van der Waals surface area contributed by atoms with Gasteiger partial charge in [0.2, 0.25) is 0 Å². The molecule has 0 aliphatic carbocycles. The lowest BCUT2D eigenvalue weighted by Gasteiger charge is -2.32. The van der Waals surface area contributed by atoms with Crippen LogP contribution >= 0.6 is 0 Å². The molecule has 0 atom stereocenters. The minimum absolute atomic E-state index is 0.396. The molecule has 116 valence electrons. The normalized spacial score (nSPS) is 20.0. The van der Waals surface area contributed by atoms with Crippen LogP contribution in [0.15, 0.2) is 23.8 Å². The molecule has 0 saturated carbocycles. The Bertz CT molecular complexity index is 604. The van der Waals surface area contributed by atoms with Gasteiger partial charge in [-0.05, 0) is 58.4 Å². The van der Waals surface area contributed by atoms with E-state index in [1.165, 1.54) is 0 Å². The SMILES string of the molecule is CNCC(=Cc1ncccc1C#N)B1OC(C)(C)C(C)(C)O1. The van der Waals surface area contributed by atoms with Crippen molar-refractivity contribution in [3.05, 3.63) is 35.1 Å². The molecule has 0 bridgehead atoms. The van der Waals surface area contributed by atoms with Gasteiger partial charge in [0.25, 0.3) is 0 Å². The molecule has 0 amide bonds. The molecule has 1 saturated heterocycles. The number of likely N-dealkylation sites (N-methyl/N-ethyl adjacent to an activating group) is 1. The molecular formula is C16H22BN3O2. The van der Waals surface area contributed by atoms with E-state index >= 15 is 0 Å². The maximum Gasteiger partial charge on any atom is 0.491 e. The highest BCUT2D eigenvalue weighted by atomic mass is 16.7. The van der Waals surface area contributed by atoms with Crippen LogP contribution in [0.25, 0.3) is 6.08 Å². The maximum atomic E-state index is 9.20. The van der Waals surface area contributed by atoms with Crippen LogP contribution in [-0.2, 0) is 9.31 Å². The van der Waals surface area contributed by atoms with Crippen molar-refractivity contribution >= 4 is 13.2 Å². The number of nitrogens with zero attached hydrogens (tertiary/aromatic N) is 2. The zero-order chi connectivity index (χ0) is 16.4. The van der Waals surface area contributed by atoms with Gasteiger partial charge in [-0.1, -0.05) is 0 Å². The second-order valence-corrected chi connectivity index (χ2v) is 6.39. The first-order valence-electron chi connectivity index (χ1n) is 7.36. The molecule has 22 heavy (non-hydrogen) atoms. The summed E-state index contributed by atoms with van der Waals surface area (Å²) in [6.45, 7) is 8.67. The number of nitrogens with one attached hydrogen (secondary N) is 1. The first-order chi connectivity index (χ1) is 10.3. The van der Waals surface area contributed by atoms with Crippen LogP contribution in [-0.4, -0.2) is 36.9 Å². The Hall–Kier alpha value is -1.68. The zero-order valence-corrected chi connectivity index (χ0v) is 13.8. The van der Waals surface area contributed by atoms with E-state index in [0.717, 1.165) is 5.47 Å². The van der Waals surface area contributed by atoms with Crippen LogP contribution in [0.3, 0.4) is 0 Å². The lowest BCUT2D eigenvalue weighted by atomic mass is 9.77. The number of hydrogen-bond donors (Lipinski definition) is 1. The molecule has 0 aromatic carbocycles. The van der Waals surface area contributed by atoms with E-state index < -0.39 is 18.3 Å². The van der Waals surface area contributed by atoms with Gasteiger partial charge in [-0.2, -0.15) is 5.26 Å². The molecule has 5 nitrogen and oxygen atoms in total.